The van der Waals surface area contributed by atoms with E-state index in [1.807, 2.05) is 0 Å². The first-order valence-electron chi connectivity index (χ1n) is 4.75. The van der Waals surface area contributed by atoms with E-state index >= 15 is 0 Å². The molecule has 2 nitrogen and oxygen atoms in total. The highest BCUT2D eigenvalue weighted by Crippen LogP contribution is 2.28. The van der Waals surface area contributed by atoms with Crippen molar-refractivity contribution in [1.82, 2.24) is 10.0 Å². The van der Waals surface area contributed by atoms with Gasteiger partial charge >= 0.3 is 0 Å². The van der Waals surface area contributed by atoms with Crippen molar-refractivity contribution < 1.29 is 0 Å². The van der Waals surface area contributed by atoms with Crippen molar-refractivity contribution in [2.24, 2.45) is 5.92 Å². The second kappa shape index (κ2) is 2.76. The first kappa shape index (κ1) is 7.56. The predicted molar refractivity (Wildman–Crippen MR) is 46.1 cm³/mol. The summed E-state index contributed by atoms with van der Waals surface area (Å²) in [4.78, 5) is 0. The van der Waals surface area contributed by atoms with Gasteiger partial charge in [0.1, 0.15) is 0 Å². The van der Waals surface area contributed by atoms with Gasteiger partial charge in [0.15, 0.2) is 0 Å². The molecule has 2 fully saturated rings. The zero-order valence-electron chi connectivity index (χ0n) is 7.58. The highest BCUT2D eigenvalue weighted by Gasteiger charge is 2.31. The molecule has 0 radical (unpaired) electrons. The normalized spacial score (nSPS) is 45.8. The van der Waals surface area contributed by atoms with Crippen molar-refractivity contribution in [3.63, 3.8) is 0 Å². The highest BCUT2D eigenvalue weighted by molar-refractivity contribution is 4.81. The molecule has 64 valence electrons. The Hall–Kier alpha value is -0.0800. The molecule has 3 unspecified atom stereocenters. The maximum Gasteiger partial charge on any atom is 0.0217 e. The molecular weight excluding hydrogens is 136 g/mol. The molecule has 0 N–H and O–H groups in total. The maximum atomic E-state index is 2.52. The summed E-state index contributed by atoms with van der Waals surface area (Å²) in [6.45, 7) is 4.95. The topological polar surface area (TPSA) is 6.48 Å². The van der Waals surface area contributed by atoms with Crippen molar-refractivity contribution in [3.8, 4) is 0 Å². The molecule has 11 heavy (non-hydrogen) atoms. The minimum Gasteiger partial charge on any atom is -0.242 e. The second-order valence-corrected chi connectivity index (χ2v) is 4.08. The van der Waals surface area contributed by atoms with Gasteiger partial charge in [0.2, 0.25) is 0 Å². The molecule has 2 saturated heterocycles. The van der Waals surface area contributed by atoms with Crippen LogP contribution in [0.5, 0.6) is 0 Å². The predicted octanol–water partition coefficient (Wildman–Crippen LogP) is 1.34. The molecule has 2 rings (SSSR count). The van der Waals surface area contributed by atoms with Crippen LogP contribution in [0.3, 0.4) is 0 Å². The molecular formula is C9H18N2. The molecule has 2 aliphatic rings. The van der Waals surface area contributed by atoms with Gasteiger partial charge in [-0.15, -0.1) is 0 Å². The lowest BCUT2D eigenvalue weighted by Gasteiger charge is -2.47. The fourth-order valence-electron chi connectivity index (χ4n) is 2.44. The van der Waals surface area contributed by atoms with Crippen LogP contribution in [0.4, 0.5) is 0 Å². The molecule has 0 aromatic carbocycles. The Bertz CT molecular complexity index is 144. The summed E-state index contributed by atoms with van der Waals surface area (Å²) in [6.07, 6.45) is 4.28. The number of piperidine rings is 1. The van der Waals surface area contributed by atoms with Gasteiger partial charge in [-0.2, -0.15) is 0 Å². The lowest BCUT2D eigenvalue weighted by atomic mass is 9.90. The summed E-state index contributed by atoms with van der Waals surface area (Å²) in [7, 11) is 2.23. The van der Waals surface area contributed by atoms with E-state index < -0.39 is 0 Å². The molecule has 2 aliphatic heterocycles. The minimum absolute atomic E-state index is 0.772. The third kappa shape index (κ3) is 1.30. The molecule has 2 bridgehead atoms. The summed E-state index contributed by atoms with van der Waals surface area (Å²) < 4.78 is 0. The van der Waals surface area contributed by atoms with Crippen molar-refractivity contribution in [1.29, 1.82) is 0 Å². The molecule has 0 spiro atoms. The third-order valence-electron chi connectivity index (χ3n) is 3.26. The van der Waals surface area contributed by atoms with Crippen molar-refractivity contribution in [2.75, 3.05) is 20.1 Å². The quantitative estimate of drug-likeness (QED) is 0.519. The molecule has 2 heterocycles. The van der Waals surface area contributed by atoms with Crippen LogP contribution < -0.4 is 0 Å². The first-order valence-corrected chi connectivity index (χ1v) is 4.75. The Morgan fingerprint density at radius 1 is 1.36 bits per heavy atom. The van der Waals surface area contributed by atoms with E-state index in [1.165, 1.54) is 32.4 Å². The third-order valence-corrected chi connectivity index (χ3v) is 3.26. The molecule has 0 aromatic heterocycles. The average Bonchev–Trinajstić information content (AvgIpc) is 2.01. The van der Waals surface area contributed by atoms with Crippen molar-refractivity contribution >= 4 is 0 Å². The van der Waals surface area contributed by atoms with Crippen LogP contribution in [0.2, 0.25) is 0 Å². The standard InChI is InChI=1S/C9H18N2/c1-8-6-9-4-3-5-11(7-9)10(8)2/h8-9H,3-7H2,1-2H3. The van der Waals surface area contributed by atoms with Crippen LogP contribution in [0.1, 0.15) is 26.2 Å². The molecule has 3 atom stereocenters. The Kier molecular flexibility index (Phi) is 1.90. The second-order valence-electron chi connectivity index (χ2n) is 4.08. The Morgan fingerprint density at radius 3 is 3.00 bits per heavy atom. The molecule has 0 saturated carbocycles. The summed E-state index contributed by atoms with van der Waals surface area (Å²) in [5, 5.41) is 4.94. The van der Waals surface area contributed by atoms with Gasteiger partial charge in [0.25, 0.3) is 0 Å². The van der Waals surface area contributed by atoms with Gasteiger partial charge in [0, 0.05) is 26.2 Å². The average molecular weight is 154 g/mol. The van der Waals surface area contributed by atoms with Gasteiger partial charge in [0.05, 0.1) is 0 Å². The van der Waals surface area contributed by atoms with Crippen LogP contribution in [0.15, 0.2) is 0 Å². The van der Waals surface area contributed by atoms with E-state index in [4.69, 9.17) is 0 Å². The fraction of sp³-hybridized carbons (Fsp3) is 1.00. The molecule has 0 aromatic rings. The summed E-state index contributed by atoms with van der Waals surface area (Å²) in [5.41, 5.74) is 0. The summed E-state index contributed by atoms with van der Waals surface area (Å²) in [6, 6.07) is 0.772. The summed E-state index contributed by atoms with van der Waals surface area (Å²) in [5.74, 6) is 0.995. The SMILES string of the molecule is CC1CC2CCCN(C2)N1C. The molecule has 0 aliphatic carbocycles. The number of rotatable bonds is 0. The highest BCUT2D eigenvalue weighted by atomic mass is 15.6. The molecule has 2 heteroatoms. The lowest BCUT2D eigenvalue weighted by Crippen LogP contribution is -2.55. The number of nitrogens with zero attached hydrogens (tertiary/aromatic N) is 2. The van der Waals surface area contributed by atoms with E-state index in [-0.39, 0.29) is 0 Å². The number of fused-ring (bicyclic) bond motifs is 2. The van der Waals surface area contributed by atoms with E-state index in [1.54, 1.807) is 0 Å². The molecule has 0 amide bonds. The van der Waals surface area contributed by atoms with Gasteiger partial charge < -0.3 is 0 Å². The van der Waals surface area contributed by atoms with Crippen molar-refractivity contribution in [3.05, 3.63) is 0 Å². The van der Waals surface area contributed by atoms with Crippen LogP contribution in [-0.2, 0) is 0 Å². The largest absolute Gasteiger partial charge is 0.242 e. The van der Waals surface area contributed by atoms with Gasteiger partial charge in [-0.3, -0.25) is 0 Å². The Morgan fingerprint density at radius 2 is 2.18 bits per heavy atom. The Balaban J connectivity index is 2.05. The monoisotopic (exact) mass is 154 g/mol. The zero-order chi connectivity index (χ0) is 7.84. The van der Waals surface area contributed by atoms with Gasteiger partial charge in [-0.05, 0) is 32.1 Å². The van der Waals surface area contributed by atoms with Gasteiger partial charge in [-0.25, -0.2) is 10.0 Å². The number of hydrazine groups is 1. The van der Waals surface area contributed by atoms with Crippen LogP contribution in [0.25, 0.3) is 0 Å². The maximum absolute atomic E-state index is 2.52. The van der Waals surface area contributed by atoms with Crippen LogP contribution in [0, 0.1) is 5.92 Å². The van der Waals surface area contributed by atoms with E-state index in [0.29, 0.717) is 0 Å². The number of hydrogen-bond donors (Lipinski definition) is 0. The summed E-state index contributed by atoms with van der Waals surface area (Å²) >= 11 is 0. The minimum atomic E-state index is 0.772. The van der Waals surface area contributed by atoms with Crippen LogP contribution in [-0.4, -0.2) is 36.2 Å². The number of hydrogen-bond acceptors (Lipinski definition) is 2. The van der Waals surface area contributed by atoms with E-state index in [2.05, 4.69) is 24.0 Å². The fourth-order valence-corrected chi connectivity index (χ4v) is 2.44. The van der Waals surface area contributed by atoms with Crippen LogP contribution >= 0.6 is 0 Å². The Labute approximate surface area is 69.1 Å². The lowest BCUT2D eigenvalue weighted by molar-refractivity contribution is -0.104. The smallest absolute Gasteiger partial charge is 0.0217 e. The van der Waals surface area contributed by atoms with E-state index in [0.717, 1.165) is 12.0 Å². The van der Waals surface area contributed by atoms with Crippen molar-refractivity contribution in [2.45, 2.75) is 32.2 Å². The van der Waals surface area contributed by atoms with E-state index in [9.17, 15) is 0 Å². The zero-order valence-corrected chi connectivity index (χ0v) is 7.58. The first-order chi connectivity index (χ1) is 5.27. The van der Waals surface area contributed by atoms with Gasteiger partial charge in [-0.1, -0.05) is 0 Å².